The van der Waals surface area contributed by atoms with Crippen molar-refractivity contribution >= 4 is 0 Å². The summed E-state index contributed by atoms with van der Waals surface area (Å²) >= 11 is 0. The average molecular weight is 161 g/mol. The van der Waals surface area contributed by atoms with Crippen molar-refractivity contribution in [3.05, 3.63) is 23.8 Å². The highest BCUT2D eigenvalue weighted by atomic mass is 14.8. The summed E-state index contributed by atoms with van der Waals surface area (Å²) in [6, 6.07) is 2.03. The van der Waals surface area contributed by atoms with E-state index in [0.29, 0.717) is 5.69 Å². The van der Waals surface area contributed by atoms with Gasteiger partial charge in [-0.3, -0.25) is 4.98 Å². The van der Waals surface area contributed by atoms with Crippen LogP contribution in [0, 0.1) is 11.3 Å². The van der Waals surface area contributed by atoms with Gasteiger partial charge in [0, 0.05) is 12.4 Å². The Hall–Kier alpha value is -1.43. The van der Waals surface area contributed by atoms with Gasteiger partial charge in [-0.1, -0.05) is 13.3 Å². The normalized spacial score (nSPS) is 9.33. The van der Waals surface area contributed by atoms with E-state index < -0.39 is 0 Å². The molecule has 0 radical (unpaired) electrons. The summed E-state index contributed by atoms with van der Waals surface area (Å²) in [4.78, 5) is 8.03. The molecule has 1 aromatic rings. The number of unbranched alkanes of at least 4 members (excludes halogenated alkanes) is 1. The largest absolute Gasteiger partial charge is 0.257 e. The van der Waals surface area contributed by atoms with Crippen molar-refractivity contribution in [2.75, 3.05) is 0 Å². The zero-order chi connectivity index (χ0) is 8.81. The molecule has 0 unspecified atom stereocenters. The van der Waals surface area contributed by atoms with Crippen molar-refractivity contribution in [2.24, 2.45) is 0 Å². The van der Waals surface area contributed by atoms with Crippen LogP contribution in [-0.4, -0.2) is 9.97 Å². The third kappa shape index (κ3) is 2.03. The third-order valence-corrected chi connectivity index (χ3v) is 1.65. The van der Waals surface area contributed by atoms with Crippen molar-refractivity contribution in [3.8, 4) is 6.07 Å². The highest BCUT2D eigenvalue weighted by Gasteiger charge is 2.01. The molecule has 12 heavy (non-hydrogen) atoms. The number of hydrogen-bond donors (Lipinski definition) is 0. The van der Waals surface area contributed by atoms with Gasteiger partial charge in [-0.05, 0) is 12.8 Å². The smallest absolute Gasteiger partial charge is 0.161 e. The molecule has 0 atom stereocenters. The van der Waals surface area contributed by atoms with E-state index in [9.17, 15) is 0 Å². The zero-order valence-corrected chi connectivity index (χ0v) is 7.12. The Kier molecular flexibility index (Phi) is 3.21. The summed E-state index contributed by atoms with van der Waals surface area (Å²) < 4.78 is 0. The monoisotopic (exact) mass is 161 g/mol. The van der Waals surface area contributed by atoms with Crippen molar-refractivity contribution in [2.45, 2.75) is 26.2 Å². The molecule has 0 saturated heterocycles. The molecule has 1 rings (SSSR count). The molecule has 3 nitrogen and oxygen atoms in total. The van der Waals surface area contributed by atoms with Crippen molar-refractivity contribution < 1.29 is 0 Å². The van der Waals surface area contributed by atoms with Crippen LogP contribution in [0.5, 0.6) is 0 Å². The van der Waals surface area contributed by atoms with Crippen molar-refractivity contribution in [3.63, 3.8) is 0 Å². The summed E-state index contributed by atoms with van der Waals surface area (Å²) in [5.41, 5.74) is 1.29. The lowest BCUT2D eigenvalue weighted by molar-refractivity contribution is 0.769. The second-order valence-corrected chi connectivity index (χ2v) is 2.57. The Balaban J connectivity index is 2.77. The standard InChI is InChI=1S/C9H11N3/c1-2-3-4-8-9(7-10)12-6-5-11-8/h5-6H,2-4H2,1H3. The maximum absolute atomic E-state index is 8.67. The molecule has 0 saturated carbocycles. The first-order chi connectivity index (χ1) is 5.88. The van der Waals surface area contributed by atoms with Gasteiger partial charge in [-0.2, -0.15) is 5.26 Å². The van der Waals surface area contributed by atoms with Gasteiger partial charge in [0.1, 0.15) is 6.07 Å². The molecule has 62 valence electrons. The predicted molar refractivity (Wildman–Crippen MR) is 45.4 cm³/mol. The van der Waals surface area contributed by atoms with Crippen LogP contribution < -0.4 is 0 Å². The number of nitrogens with zero attached hydrogens (tertiary/aromatic N) is 3. The first kappa shape index (κ1) is 8.66. The lowest BCUT2D eigenvalue weighted by atomic mass is 10.2. The molecule has 0 amide bonds. The molecule has 0 aliphatic carbocycles. The van der Waals surface area contributed by atoms with E-state index in [-0.39, 0.29) is 0 Å². The predicted octanol–water partition coefficient (Wildman–Crippen LogP) is 1.69. The van der Waals surface area contributed by atoms with E-state index in [1.807, 2.05) is 6.07 Å². The highest BCUT2D eigenvalue weighted by molar-refractivity contribution is 5.24. The lowest BCUT2D eigenvalue weighted by Gasteiger charge is -1.98. The van der Waals surface area contributed by atoms with E-state index in [2.05, 4.69) is 16.9 Å². The molecule has 0 aromatic carbocycles. The van der Waals surface area contributed by atoms with Crippen molar-refractivity contribution in [1.82, 2.24) is 9.97 Å². The molecule has 1 aromatic heterocycles. The molecule has 3 heteroatoms. The molecule has 0 bridgehead atoms. The molecular weight excluding hydrogens is 150 g/mol. The molecule has 0 aliphatic rings. The molecule has 0 aliphatic heterocycles. The Morgan fingerprint density at radius 3 is 2.83 bits per heavy atom. The number of aryl methyl sites for hydroxylation is 1. The Bertz CT molecular complexity index is 288. The Morgan fingerprint density at radius 2 is 2.17 bits per heavy atom. The molecule has 1 heterocycles. The summed E-state index contributed by atoms with van der Waals surface area (Å²) in [6.07, 6.45) is 6.21. The van der Waals surface area contributed by atoms with E-state index in [1.165, 1.54) is 0 Å². The number of aromatic nitrogens is 2. The van der Waals surface area contributed by atoms with Crippen LogP contribution in [0.25, 0.3) is 0 Å². The minimum absolute atomic E-state index is 0.464. The minimum Gasteiger partial charge on any atom is -0.257 e. The van der Waals surface area contributed by atoms with Crippen molar-refractivity contribution in [1.29, 1.82) is 5.26 Å². The number of hydrogen-bond acceptors (Lipinski definition) is 3. The van der Waals surface area contributed by atoms with Crippen LogP contribution in [-0.2, 0) is 6.42 Å². The van der Waals surface area contributed by atoms with Gasteiger partial charge in [0.05, 0.1) is 5.69 Å². The van der Waals surface area contributed by atoms with Gasteiger partial charge in [0.15, 0.2) is 5.69 Å². The molecule has 0 spiro atoms. The first-order valence-electron chi connectivity index (χ1n) is 4.08. The summed E-state index contributed by atoms with van der Waals surface area (Å²) in [7, 11) is 0. The first-order valence-corrected chi connectivity index (χ1v) is 4.08. The van der Waals surface area contributed by atoms with E-state index in [0.717, 1.165) is 25.0 Å². The zero-order valence-electron chi connectivity index (χ0n) is 7.12. The average Bonchev–Trinajstić information content (AvgIpc) is 2.15. The van der Waals surface area contributed by atoms with E-state index in [4.69, 9.17) is 5.26 Å². The second kappa shape index (κ2) is 4.45. The number of nitriles is 1. The second-order valence-electron chi connectivity index (χ2n) is 2.57. The van der Waals surface area contributed by atoms with Crippen LogP contribution in [0.15, 0.2) is 12.4 Å². The topological polar surface area (TPSA) is 49.6 Å². The van der Waals surface area contributed by atoms with Crippen LogP contribution in [0.1, 0.15) is 31.2 Å². The fraction of sp³-hybridized carbons (Fsp3) is 0.444. The summed E-state index contributed by atoms with van der Waals surface area (Å²) in [6.45, 7) is 2.11. The van der Waals surface area contributed by atoms with Crippen LogP contribution in [0.2, 0.25) is 0 Å². The van der Waals surface area contributed by atoms with Gasteiger partial charge < -0.3 is 0 Å². The van der Waals surface area contributed by atoms with Gasteiger partial charge in [-0.25, -0.2) is 4.98 Å². The van der Waals surface area contributed by atoms with Gasteiger partial charge >= 0.3 is 0 Å². The van der Waals surface area contributed by atoms with Crippen LogP contribution in [0.3, 0.4) is 0 Å². The van der Waals surface area contributed by atoms with E-state index >= 15 is 0 Å². The fourth-order valence-electron chi connectivity index (χ4n) is 0.987. The Morgan fingerprint density at radius 1 is 1.42 bits per heavy atom. The van der Waals surface area contributed by atoms with Gasteiger partial charge in [-0.15, -0.1) is 0 Å². The molecule has 0 fully saturated rings. The highest BCUT2D eigenvalue weighted by Crippen LogP contribution is 2.04. The summed E-state index contributed by atoms with van der Waals surface area (Å²) in [5, 5.41) is 8.67. The van der Waals surface area contributed by atoms with Gasteiger partial charge in [0.25, 0.3) is 0 Å². The van der Waals surface area contributed by atoms with Gasteiger partial charge in [0.2, 0.25) is 0 Å². The summed E-state index contributed by atoms with van der Waals surface area (Å²) in [5.74, 6) is 0. The molecular formula is C9H11N3. The number of rotatable bonds is 3. The Labute approximate surface area is 72.1 Å². The van der Waals surface area contributed by atoms with E-state index in [1.54, 1.807) is 12.4 Å². The lowest BCUT2D eigenvalue weighted by Crippen LogP contribution is -1.96. The molecule has 0 N–H and O–H groups in total. The van der Waals surface area contributed by atoms with Crippen LogP contribution in [0.4, 0.5) is 0 Å². The maximum atomic E-state index is 8.67. The minimum atomic E-state index is 0.464. The SMILES string of the molecule is CCCCc1nccnc1C#N. The maximum Gasteiger partial charge on any atom is 0.161 e. The quantitative estimate of drug-likeness (QED) is 0.677. The van der Waals surface area contributed by atoms with Crippen LogP contribution >= 0.6 is 0 Å². The fourth-order valence-corrected chi connectivity index (χ4v) is 0.987. The third-order valence-electron chi connectivity index (χ3n) is 1.65.